The summed E-state index contributed by atoms with van der Waals surface area (Å²) in [6.45, 7) is -0.275. The molecule has 1 saturated heterocycles. The molecular formula is C21H20F4N4O5S. The highest BCUT2D eigenvalue weighted by Gasteiger charge is 2.58. The van der Waals surface area contributed by atoms with E-state index in [0.29, 0.717) is 16.7 Å². The molecule has 4 rings (SSSR count). The number of fused-ring (bicyclic) bond motifs is 1. The lowest BCUT2D eigenvalue weighted by molar-refractivity contribution is -0.0557. The van der Waals surface area contributed by atoms with Gasteiger partial charge in [-0.15, -0.1) is 0 Å². The number of nitrogens with one attached hydrogen (secondary N) is 2. The molecule has 2 aromatic carbocycles. The minimum Gasteiger partial charge on any atom is -0.394 e. The van der Waals surface area contributed by atoms with E-state index in [1.54, 1.807) is 11.6 Å². The zero-order valence-corrected chi connectivity index (χ0v) is 19.2. The highest BCUT2D eigenvalue weighted by molar-refractivity contribution is 7.88. The van der Waals surface area contributed by atoms with Crippen LogP contribution in [0.3, 0.4) is 0 Å². The molecule has 2 heterocycles. The summed E-state index contributed by atoms with van der Waals surface area (Å²) in [5.74, 6) is -5.86. The van der Waals surface area contributed by atoms with E-state index in [0.717, 1.165) is 12.1 Å². The molecule has 9 nitrogen and oxygen atoms in total. The molecule has 2 atom stereocenters. The minimum absolute atomic E-state index is 0.00855. The largest absolute Gasteiger partial charge is 0.394 e. The number of nitrogens with zero attached hydrogens (tertiary/aromatic N) is 2. The number of urea groups is 1. The Kier molecular flexibility index (Phi) is 6.23. The number of carbonyl (C=O) groups excluding carboxylic acids is 1. The average Bonchev–Trinajstić information content (AvgIpc) is 3.24. The van der Waals surface area contributed by atoms with Crippen molar-refractivity contribution < 1.29 is 40.4 Å². The lowest BCUT2D eigenvalue weighted by Crippen LogP contribution is -2.51. The number of benzene rings is 2. The predicted octanol–water partition coefficient (Wildman–Crippen LogP) is 2.84. The van der Waals surface area contributed by atoms with Gasteiger partial charge in [0.1, 0.15) is 23.7 Å². The van der Waals surface area contributed by atoms with Gasteiger partial charge in [0.25, 0.3) is 5.92 Å². The third kappa shape index (κ3) is 4.56. The van der Waals surface area contributed by atoms with Gasteiger partial charge >= 0.3 is 6.03 Å². The average molecular weight is 516 g/mol. The number of sulfonamides is 1. The molecule has 0 saturated carbocycles. The maximum Gasteiger partial charge on any atom is 0.323 e. The lowest BCUT2D eigenvalue weighted by Gasteiger charge is -2.26. The van der Waals surface area contributed by atoms with Crippen molar-refractivity contribution in [3.63, 3.8) is 0 Å². The van der Waals surface area contributed by atoms with Gasteiger partial charge < -0.3 is 14.5 Å². The van der Waals surface area contributed by atoms with Crippen LogP contribution in [0.5, 0.6) is 0 Å². The number of hydrogen-bond acceptors (Lipinski definition) is 6. The van der Waals surface area contributed by atoms with E-state index in [1.165, 1.54) is 18.2 Å². The van der Waals surface area contributed by atoms with Crippen LogP contribution in [0, 0.1) is 18.6 Å². The molecule has 0 bridgehead atoms. The standard InChI is InChI=1S/C21H20F4N4O5S/c1-10-6-11(17-12(22)4-3-5-13(17)23)18-14(7-10)34-27-19(18)26-20(31)29-8-15(28-35(2,32)33)21(24,25)16(29)9-30/h3-7,15-16,28,30H,8-9H2,1-2H3,(H,26,27,31). The molecule has 0 spiro atoms. The van der Waals surface area contributed by atoms with Crippen molar-refractivity contribution in [2.24, 2.45) is 0 Å². The molecule has 1 aliphatic heterocycles. The SMILES string of the molecule is Cc1cc(-c2c(F)cccc2F)c2c(NC(=O)N3CC(NS(C)(=O)=O)C(F)(F)C3CO)noc2c1. The van der Waals surface area contributed by atoms with Gasteiger partial charge in [0, 0.05) is 12.1 Å². The second-order valence-electron chi connectivity index (χ2n) is 8.21. The Balaban J connectivity index is 1.73. The Morgan fingerprint density at radius 3 is 2.54 bits per heavy atom. The summed E-state index contributed by atoms with van der Waals surface area (Å²) in [7, 11) is -4.06. The maximum absolute atomic E-state index is 14.7. The van der Waals surface area contributed by atoms with Gasteiger partial charge in [-0.25, -0.2) is 35.5 Å². The third-order valence-corrected chi connectivity index (χ3v) is 6.34. The summed E-state index contributed by atoms with van der Waals surface area (Å²) in [5.41, 5.74) is 0.242. The number of alkyl halides is 2. The molecular weight excluding hydrogens is 496 g/mol. The number of aliphatic hydroxyl groups excluding tert-OH is 1. The van der Waals surface area contributed by atoms with Crippen LogP contribution in [0.4, 0.5) is 28.2 Å². The number of aliphatic hydroxyl groups is 1. The smallest absolute Gasteiger partial charge is 0.323 e. The fourth-order valence-electron chi connectivity index (χ4n) is 4.13. The molecule has 1 aromatic heterocycles. The number of likely N-dealkylation sites (tertiary alicyclic amines) is 1. The summed E-state index contributed by atoms with van der Waals surface area (Å²) in [5, 5.41) is 15.5. The Bertz CT molecular complexity index is 1390. The number of halogens is 4. The van der Waals surface area contributed by atoms with Crippen molar-refractivity contribution in [3.8, 4) is 11.1 Å². The Morgan fingerprint density at radius 2 is 1.94 bits per heavy atom. The van der Waals surface area contributed by atoms with E-state index >= 15 is 0 Å². The number of amides is 2. The molecule has 14 heteroatoms. The van der Waals surface area contributed by atoms with Crippen LogP contribution in [0.15, 0.2) is 34.9 Å². The first-order chi connectivity index (χ1) is 16.3. The number of aromatic nitrogens is 1. The lowest BCUT2D eigenvalue weighted by atomic mass is 9.98. The molecule has 1 fully saturated rings. The highest BCUT2D eigenvalue weighted by Crippen LogP contribution is 2.39. The van der Waals surface area contributed by atoms with Gasteiger partial charge in [0.2, 0.25) is 10.0 Å². The normalized spacial score (nSPS) is 19.9. The fraction of sp³-hybridized carbons (Fsp3) is 0.333. The molecule has 3 aromatic rings. The van der Waals surface area contributed by atoms with Crippen molar-refractivity contribution in [2.45, 2.75) is 24.9 Å². The quantitative estimate of drug-likeness (QED) is 0.448. The van der Waals surface area contributed by atoms with Crippen molar-refractivity contribution in [3.05, 3.63) is 47.5 Å². The predicted molar refractivity (Wildman–Crippen MR) is 117 cm³/mol. The molecule has 2 unspecified atom stereocenters. The second kappa shape index (κ2) is 8.77. The van der Waals surface area contributed by atoms with Crippen LogP contribution in [0.2, 0.25) is 0 Å². The van der Waals surface area contributed by atoms with E-state index in [4.69, 9.17) is 4.52 Å². The number of anilines is 1. The van der Waals surface area contributed by atoms with Crippen molar-refractivity contribution in [2.75, 3.05) is 24.7 Å². The molecule has 0 aliphatic carbocycles. The Hall–Kier alpha value is -3.23. The molecule has 2 amide bonds. The van der Waals surface area contributed by atoms with Crippen molar-refractivity contribution >= 4 is 32.8 Å². The van der Waals surface area contributed by atoms with Gasteiger partial charge in [0.15, 0.2) is 11.4 Å². The first kappa shape index (κ1) is 24.9. The molecule has 1 aliphatic rings. The fourth-order valence-corrected chi connectivity index (χ4v) is 4.87. The molecule has 3 N–H and O–H groups in total. The van der Waals surface area contributed by atoms with Crippen LogP contribution in [0.25, 0.3) is 22.1 Å². The summed E-state index contributed by atoms with van der Waals surface area (Å²) in [4.78, 5) is 13.5. The first-order valence-electron chi connectivity index (χ1n) is 10.2. The van der Waals surface area contributed by atoms with Gasteiger partial charge in [-0.05, 0) is 30.7 Å². The van der Waals surface area contributed by atoms with Crippen LogP contribution in [0.1, 0.15) is 5.56 Å². The second-order valence-corrected chi connectivity index (χ2v) is 9.99. The molecule has 35 heavy (non-hydrogen) atoms. The molecule has 188 valence electrons. The Labute approximate surface area is 196 Å². The number of carbonyl (C=O) groups is 1. The zero-order chi connectivity index (χ0) is 25.7. The first-order valence-corrected chi connectivity index (χ1v) is 12.1. The number of hydrogen-bond donors (Lipinski definition) is 3. The van der Waals surface area contributed by atoms with E-state index in [1.807, 2.05) is 0 Å². The Morgan fingerprint density at radius 1 is 1.29 bits per heavy atom. The summed E-state index contributed by atoms with van der Waals surface area (Å²) < 4.78 is 88.5. The molecule has 0 radical (unpaired) electrons. The van der Waals surface area contributed by atoms with E-state index in [2.05, 4.69) is 10.5 Å². The van der Waals surface area contributed by atoms with Gasteiger partial charge in [0.05, 0.1) is 23.8 Å². The zero-order valence-electron chi connectivity index (χ0n) is 18.4. The van der Waals surface area contributed by atoms with Crippen molar-refractivity contribution in [1.82, 2.24) is 14.8 Å². The van der Waals surface area contributed by atoms with Gasteiger partial charge in [-0.2, -0.15) is 0 Å². The van der Waals surface area contributed by atoms with Crippen LogP contribution in [-0.2, 0) is 10.0 Å². The van der Waals surface area contributed by atoms with E-state index in [-0.39, 0.29) is 22.4 Å². The topological polar surface area (TPSA) is 125 Å². The van der Waals surface area contributed by atoms with Crippen LogP contribution < -0.4 is 10.0 Å². The summed E-state index contributed by atoms with van der Waals surface area (Å²) in [6.07, 6.45) is 0.687. The minimum atomic E-state index is -4.06. The highest BCUT2D eigenvalue weighted by atomic mass is 32.2. The van der Waals surface area contributed by atoms with Crippen molar-refractivity contribution in [1.29, 1.82) is 0 Å². The van der Waals surface area contributed by atoms with E-state index in [9.17, 15) is 35.9 Å². The monoisotopic (exact) mass is 516 g/mol. The van der Waals surface area contributed by atoms with Crippen LogP contribution in [-0.4, -0.2) is 67.0 Å². The number of aryl methyl sites for hydroxylation is 1. The summed E-state index contributed by atoms with van der Waals surface area (Å²) >= 11 is 0. The van der Waals surface area contributed by atoms with E-state index < -0.39 is 64.4 Å². The number of rotatable bonds is 5. The van der Waals surface area contributed by atoms with Crippen LogP contribution >= 0.6 is 0 Å². The third-order valence-electron chi connectivity index (χ3n) is 5.63. The van der Waals surface area contributed by atoms with Gasteiger partial charge in [-0.1, -0.05) is 17.3 Å². The maximum atomic E-state index is 14.7. The summed E-state index contributed by atoms with van der Waals surface area (Å²) in [6, 6.07) is 1.04. The van der Waals surface area contributed by atoms with Gasteiger partial charge in [-0.3, -0.25) is 5.32 Å².